The number of pyridine rings is 1. The lowest BCUT2D eigenvalue weighted by Crippen LogP contribution is -1.97. The molecule has 0 aliphatic rings. The van der Waals surface area contributed by atoms with Gasteiger partial charge in [0.15, 0.2) is 0 Å². The van der Waals surface area contributed by atoms with Gasteiger partial charge in [-0.25, -0.2) is 4.98 Å². The van der Waals surface area contributed by atoms with Gasteiger partial charge in [0.2, 0.25) is 5.12 Å². The van der Waals surface area contributed by atoms with E-state index in [1.165, 1.54) is 0 Å². The Kier molecular flexibility index (Phi) is 3.50. The molecule has 0 fully saturated rings. The van der Waals surface area contributed by atoms with Gasteiger partial charge in [0.1, 0.15) is 5.69 Å². The van der Waals surface area contributed by atoms with Gasteiger partial charge in [0, 0.05) is 16.3 Å². The fraction of sp³-hybridized carbons (Fsp3) is 0.0769. The Hall–Kier alpha value is -1.32. The van der Waals surface area contributed by atoms with Crippen LogP contribution in [0, 0.1) is 6.92 Å². The number of aryl methyl sites for hydroxylation is 1. The third-order valence-corrected chi connectivity index (χ3v) is 2.94. The molecule has 0 spiro atoms. The van der Waals surface area contributed by atoms with Crippen molar-refractivity contribution in [2.45, 2.75) is 6.92 Å². The summed E-state index contributed by atoms with van der Waals surface area (Å²) >= 11 is 9.59. The van der Waals surface area contributed by atoms with Gasteiger partial charge in [0.25, 0.3) is 0 Å². The molecule has 0 N–H and O–H groups in total. The highest BCUT2D eigenvalue weighted by molar-refractivity contribution is 7.97. The summed E-state index contributed by atoms with van der Waals surface area (Å²) in [5.74, 6) is 0. The second kappa shape index (κ2) is 4.90. The topological polar surface area (TPSA) is 30.0 Å². The number of benzene rings is 1. The molecule has 2 aromatic rings. The van der Waals surface area contributed by atoms with Crippen LogP contribution < -0.4 is 0 Å². The standard InChI is InChI=1S/C13H10ClNOS/c1-8-11(6-7-12(15-8)13(16)17)9-2-4-10(14)5-3-9/h2-7H,1H3,(H,16,17). The fourth-order valence-electron chi connectivity index (χ4n) is 1.61. The Morgan fingerprint density at radius 2 is 1.82 bits per heavy atom. The summed E-state index contributed by atoms with van der Waals surface area (Å²) in [6, 6.07) is 11.0. The molecule has 1 aromatic carbocycles. The number of hydrogen-bond donors (Lipinski definition) is 1. The highest BCUT2D eigenvalue weighted by atomic mass is 35.5. The van der Waals surface area contributed by atoms with Crippen LogP contribution in [0.2, 0.25) is 5.02 Å². The minimum atomic E-state index is -0.323. The molecule has 86 valence electrons. The van der Waals surface area contributed by atoms with E-state index in [0.717, 1.165) is 16.8 Å². The third kappa shape index (κ3) is 2.68. The number of rotatable bonds is 2. The van der Waals surface area contributed by atoms with Crippen LogP contribution in [-0.4, -0.2) is 10.1 Å². The second-order valence-electron chi connectivity index (χ2n) is 3.64. The SMILES string of the molecule is Cc1nc(C(=O)S)ccc1-c1ccc(Cl)cc1. The van der Waals surface area contributed by atoms with Gasteiger partial charge >= 0.3 is 0 Å². The molecular formula is C13H10ClNOS. The highest BCUT2D eigenvalue weighted by Crippen LogP contribution is 2.24. The van der Waals surface area contributed by atoms with E-state index in [0.29, 0.717) is 10.7 Å². The van der Waals surface area contributed by atoms with Gasteiger partial charge in [-0.05, 0) is 30.7 Å². The molecule has 1 aromatic heterocycles. The van der Waals surface area contributed by atoms with Gasteiger partial charge in [-0.15, -0.1) is 0 Å². The number of aromatic nitrogens is 1. The molecule has 0 saturated carbocycles. The lowest BCUT2D eigenvalue weighted by molar-refractivity contribution is 0.108. The molecule has 0 amide bonds. The molecule has 2 nitrogen and oxygen atoms in total. The Bertz CT molecular complexity index is 566. The largest absolute Gasteiger partial charge is 0.280 e. The van der Waals surface area contributed by atoms with Crippen molar-refractivity contribution in [3.05, 3.63) is 52.8 Å². The van der Waals surface area contributed by atoms with Crippen molar-refractivity contribution in [2.24, 2.45) is 0 Å². The zero-order valence-electron chi connectivity index (χ0n) is 9.14. The molecule has 0 aliphatic heterocycles. The van der Waals surface area contributed by atoms with Crippen LogP contribution in [0.4, 0.5) is 0 Å². The van der Waals surface area contributed by atoms with E-state index in [1.807, 2.05) is 37.3 Å². The van der Waals surface area contributed by atoms with Crippen molar-refractivity contribution >= 4 is 29.3 Å². The number of hydrogen-bond acceptors (Lipinski definition) is 2. The molecule has 0 bridgehead atoms. The molecule has 2 rings (SSSR count). The number of carbonyl (C=O) groups excluding carboxylic acids is 1. The first-order valence-electron chi connectivity index (χ1n) is 5.05. The summed E-state index contributed by atoms with van der Waals surface area (Å²) in [6.07, 6.45) is 0. The van der Waals surface area contributed by atoms with Crippen LogP contribution in [0.3, 0.4) is 0 Å². The van der Waals surface area contributed by atoms with E-state index in [9.17, 15) is 4.79 Å². The van der Waals surface area contributed by atoms with E-state index < -0.39 is 0 Å². The van der Waals surface area contributed by atoms with Crippen molar-refractivity contribution in [2.75, 3.05) is 0 Å². The highest BCUT2D eigenvalue weighted by Gasteiger charge is 2.07. The Morgan fingerprint density at radius 3 is 2.35 bits per heavy atom. The van der Waals surface area contributed by atoms with Crippen LogP contribution >= 0.6 is 24.2 Å². The molecular weight excluding hydrogens is 254 g/mol. The monoisotopic (exact) mass is 263 g/mol. The van der Waals surface area contributed by atoms with Crippen molar-refractivity contribution in [1.29, 1.82) is 0 Å². The minimum absolute atomic E-state index is 0.323. The van der Waals surface area contributed by atoms with E-state index in [1.54, 1.807) is 6.07 Å². The van der Waals surface area contributed by atoms with Gasteiger partial charge in [0.05, 0.1) is 0 Å². The fourth-order valence-corrected chi connectivity index (χ4v) is 1.87. The summed E-state index contributed by atoms with van der Waals surface area (Å²) in [5, 5.41) is 0.372. The predicted molar refractivity (Wildman–Crippen MR) is 72.7 cm³/mol. The zero-order valence-corrected chi connectivity index (χ0v) is 10.8. The first-order chi connectivity index (χ1) is 8.08. The minimum Gasteiger partial charge on any atom is -0.280 e. The van der Waals surface area contributed by atoms with E-state index in [2.05, 4.69) is 17.6 Å². The van der Waals surface area contributed by atoms with Crippen molar-refractivity contribution in [1.82, 2.24) is 4.98 Å². The molecule has 17 heavy (non-hydrogen) atoms. The van der Waals surface area contributed by atoms with Gasteiger partial charge < -0.3 is 0 Å². The maximum absolute atomic E-state index is 11.1. The van der Waals surface area contributed by atoms with Crippen LogP contribution in [0.15, 0.2) is 36.4 Å². The maximum atomic E-state index is 11.1. The Morgan fingerprint density at radius 1 is 1.18 bits per heavy atom. The average Bonchev–Trinajstić information content (AvgIpc) is 2.30. The van der Waals surface area contributed by atoms with Crippen LogP contribution in [0.5, 0.6) is 0 Å². The molecule has 0 unspecified atom stereocenters. The maximum Gasteiger partial charge on any atom is 0.234 e. The summed E-state index contributed by atoms with van der Waals surface area (Å²) < 4.78 is 0. The quantitative estimate of drug-likeness (QED) is 0.836. The Labute approximate surface area is 110 Å². The smallest absolute Gasteiger partial charge is 0.234 e. The molecule has 4 heteroatoms. The van der Waals surface area contributed by atoms with Crippen LogP contribution in [-0.2, 0) is 0 Å². The number of thiol groups is 1. The lowest BCUT2D eigenvalue weighted by Gasteiger charge is -2.06. The summed E-state index contributed by atoms with van der Waals surface area (Å²) in [5.41, 5.74) is 3.17. The van der Waals surface area contributed by atoms with Crippen molar-refractivity contribution in [3.63, 3.8) is 0 Å². The molecule has 0 radical (unpaired) electrons. The lowest BCUT2D eigenvalue weighted by atomic mass is 10.0. The van der Waals surface area contributed by atoms with Crippen molar-refractivity contribution in [3.8, 4) is 11.1 Å². The van der Waals surface area contributed by atoms with Gasteiger partial charge in [-0.2, -0.15) is 0 Å². The molecule has 0 aliphatic carbocycles. The third-order valence-electron chi connectivity index (χ3n) is 2.46. The summed E-state index contributed by atoms with van der Waals surface area (Å²) in [6.45, 7) is 1.87. The van der Waals surface area contributed by atoms with E-state index in [-0.39, 0.29) is 5.12 Å². The number of carbonyl (C=O) groups is 1. The molecule has 0 atom stereocenters. The molecule has 1 heterocycles. The Balaban J connectivity index is 2.46. The van der Waals surface area contributed by atoms with Gasteiger partial charge in [-0.3, -0.25) is 4.79 Å². The summed E-state index contributed by atoms with van der Waals surface area (Å²) in [4.78, 5) is 15.3. The first-order valence-corrected chi connectivity index (χ1v) is 5.87. The van der Waals surface area contributed by atoms with Crippen LogP contribution in [0.25, 0.3) is 11.1 Å². The average molecular weight is 264 g/mol. The second-order valence-corrected chi connectivity index (χ2v) is 4.48. The zero-order chi connectivity index (χ0) is 12.4. The summed E-state index contributed by atoms with van der Waals surface area (Å²) in [7, 11) is 0. The molecule has 0 saturated heterocycles. The number of halogens is 1. The normalized spacial score (nSPS) is 10.3. The van der Waals surface area contributed by atoms with Crippen molar-refractivity contribution < 1.29 is 4.79 Å². The van der Waals surface area contributed by atoms with Crippen LogP contribution in [0.1, 0.15) is 16.2 Å². The number of nitrogens with zero attached hydrogens (tertiary/aromatic N) is 1. The van der Waals surface area contributed by atoms with Gasteiger partial charge in [-0.1, -0.05) is 42.4 Å². The van der Waals surface area contributed by atoms with E-state index in [4.69, 9.17) is 11.6 Å². The first kappa shape index (κ1) is 12.1. The predicted octanol–water partition coefficient (Wildman–Crippen LogP) is 3.78. The van der Waals surface area contributed by atoms with E-state index >= 15 is 0 Å².